The van der Waals surface area contributed by atoms with Crippen molar-refractivity contribution in [3.05, 3.63) is 58.1 Å². The van der Waals surface area contributed by atoms with Crippen LogP contribution in [-0.2, 0) is 10.0 Å². The number of hydrazone groups is 1. The fourth-order valence-corrected chi connectivity index (χ4v) is 3.04. The van der Waals surface area contributed by atoms with Crippen molar-refractivity contribution in [1.29, 1.82) is 0 Å². The fourth-order valence-electron chi connectivity index (χ4n) is 1.79. The molecule has 0 fully saturated rings. The summed E-state index contributed by atoms with van der Waals surface area (Å²) in [5.41, 5.74) is 0.546. The van der Waals surface area contributed by atoms with E-state index in [9.17, 15) is 8.42 Å². The first-order chi connectivity index (χ1) is 11.3. The molecule has 0 aliphatic carbocycles. The van der Waals surface area contributed by atoms with Crippen molar-refractivity contribution >= 4 is 39.4 Å². The first kappa shape index (κ1) is 18.6. The molecule has 0 saturated heterocycles. The minimum absolute atomic E-state index is 0.0132. The molecule has 0 atom stereocenters. The quantitative estimate of drug-likeness (QED) is 0.600. The molecule has 2 aromatic carbocycles. The van der Waals surface area contributed by atoms with E-state index in [4.69, 9.17) is 27.9 Å². The second-order valence-electron chi connectivity index (χ2n) is 5.16. The van der Waals surface area contributed by atoms with Gasteiger partial charge in [-0.05, 0) is 50.2 Å². The maximum Gasteiger partial charge on any atom is 0.276 e. The number of nitrogens with one attached hydrogen (secondary N) is 1. The van der Waals surface area contributed by atoms with E-state index in [2.05, 4.69) is 9.93 Å². The Labute approximate surface area is 151 Å². The van der Waals surface area contributed by atoms with Crippen LogP contribution in [0.1, 0.15) is 19.4 Å². The van der Waals surface area contributed by atoms with E-state index in [1.54, 1.807) is 30.3 Å². The number of ether oxygens (including phenoxy) is 1. The highest BCUT2D eigenvalue weighted by Crippen LogP contribution is 2.20. The summed E-state index contributed by atoms with van der Waals surface area (Å²) in [5.74, 6) is 0.598. The largest absolute Gasteiger partial charge is 0.491 e. The molecule has 2 rings (SSSR count). The maximum atomic E-state index is 12.2. The average Bonchev–Trinajstić information content (AvgIpc) is 2.49. The van der Waals surface area contributed by atoms with Crippen LogP contribution >= 0.6 is 23.2 Å². The normalized spacial score (nSPS) is 11.9. The molecule has 2 aromatic rings. The summed E-state index contributed by atoms with van der Waals surface area (Å²) in [6.45, 7) is 3.78. The summed E-state index contributed by atoms with van der Waals surface area (Å²) in [7, 11) is -3.77. The predicted molar refractivity (Wildman–Crippen MR) is 96.6 cm³/mol. The third-order valence-electron chi connectivity index (χ3n) is 2.84. The van der Waals surface area contributed by atoms with Gasteiger partial charge in [0.2, 0.25) is 0 Å². The smallest absolute Gasteiger partial charge is 0.276 e. The summed E-state index contributed by atoms with van der Waals surface area (Å²) in [6.07, 6.45) is 1.33. The summed E-state index contributed by atoms with van der Waals surface area (Å²) in [4.78, 5) is 2.22. The van der Waals surface area contributed by atoms with Crippen LogP contribution in [0.25, 0.3) is 0 Å². The predicted octanol–water partition coefficient (Wildman–Crippen LogP) is 4.09. The van der Waals surface area contributed by atoms with E-state index in [-0.39, 0.29) is 11.0 Å². The second-order valence-corrected chi connectivity index (χ2v) is 7.66. The summed E-state index contributed by atoms with van der Waals surface area (Å²) >= 11 is 11.8. The Balaban J connectivity index is 2.09. The van der Waals surface area contributed by atoms with Gasteiger partial charge < -0.3 is 4.74 Å². The molecule has 0 aliphatic rings. The third-order valence-corrected chi connectivity index (χ3v) is 4.65. The molecule has 0 aliphatic heterocycles. The van der Waals surface area contributed by atoms with Crippen LogP contribution in [0.2, 0.25) is 10.0 Å². The molecule has 128 valence electrons. The van der Waals surface area contributed by atoms with E-state index in [1.807, 2.05) is 13.8 Å². The lowest BCUT2D eigenvalue weighted by Gasteiger charge is -2.10. The number of nitrogens with zero attached hydrogens (tertiary/aromatic N) is 1. The van der Waals surface area contributed by atoms with Crippen LogP contribution in [-0.4, -0.2) is 20.7 Å². The Kier molecular flexibility index (Phi) is 6.10. The SMILES string of the molecule is CC(C)Oc1ccc(S(=O)(=O)N/N=C/c2ccc(Cl)cc2Cl)cc1. The lowest BCUT2D eigenvalue weighted by molar-refractivity contribution is 0.242. The van der Waals surface area contributed by atoms with Crippen LogP contribution in [0.3, 0.4) is 0 Å². The topological polar surface area (TPSA) is 67.8 Å². The molecule has 8 heteroatoms. The molecule has 0 amide bonds. The highest BCUT2D eigenvalue weighted by atomic mass is 35.5. The van der Waals surface area contributed by atoms with Crippen molar-refractivity contribution < 1.29 is 13.2 Å². The van der Waals surface area contributed by atoms with Crippen LogP contribution in [0.5, 0.6) is 5.75 Å². The van der Waals surface area contributed by atoms with Crippen LogP contribution < -0.4 is 9.57 Å². The highest BCUT2D eigenvalue weighted by molar-refractivity contribution is 7.89. The number of sulfonamides is 1. The zero-order valence-electron chi connectivity index (χ0n) is 13.0. The third kappa shape index (κ3) is 5.12. The molecule has 0 saturated carbocycles. The Morgan fingerprint density at radius 2 is 1.79 bits per heavy atom. The van der Waals surface area contributed by atoms with Gasteiger partial charge in [0.1, 0.15) is 5.75 Å². The average molecular weight is 387 g/mol. The van der Waals surface area contributed by atoms with Crippen molar-refractivity contribution in [2.24, 2.45) is 5.10 Å². The molecule has 0 bridgehead atoms. The van der Waals surface area contributed by atoms with Gasteiger partial charge in [0.15, 0.2) is 0 Å². The minimum Gasteiger partial charge on any atom is -0.491 e. The first-order valence-electron chi connectivity index (χ1n) is 7.04. The van der Waals surface area contributed by atoms with E-state index in [0.29, 0.717) is 21.4 Å². The number of halogens is 2. The van der Waals surface area contributed by atoms with Crippen molar-refractivity contribution in [3.8, 4) is 5.75 Å². The standard InChI is InChI=1S/C16H16Cl2N2O3S/c1-11(2)23-14-5-7-15(8-6-14)24(21,22)20-19-10-12-3-4-13(17)9-16(12)18/h3-11,20H,1-2H3/b19-10+. The van der Waals surface area contributed by atoms with E-state index < -0.39 is 10.0 Å². The van der Waals surface area contributed by atoms with Gasteiger partial charge in [0, 0.05) is 10.6 Å². The van der Waals surface area contributed by atoms with Gasteiger partial charge in [-0.25, -0.2) is 4.83 Å². The number of hydrogen-bond acceptors (Lipinski definition) is 4. The second kappa shape index (κ2) is 7.88. The lowest BCUT2D eigenvalue weighted by Crippen LogP contribution is -2.18. The fraction of sp³-hybridized carbons (Fsp3) is 0.188. The summed E-state index contributed by atoms with van der Waals surface area (Å²) in [5, 5.41) is 4.59. The molecule has 0 unspecified atom stereocenters. The molecule has 1 N–H and O–H groups in total. The highest BCUT2D eigenvalue weighted by Gasteiger charge is 2.13. The van der Waals surface area contributed by atoms with Gasteiger partial charge in [-0.15, -0.1) is 0 Å². The molecular weight excluding hydrogens is 371 g/mol. The monoisotopic (exact) mass is 386 g/mol. The first-order valence-corrected chi connectivity index (χ1v) is 9.28. The van der Waals surface area contributed by atoms with Crippen molar-refractivity contribution in [2.45, 2.75) is 24.8 Å². The maximum absolute atomic E-state index is 12.2. The zero-order chi connectivity index (χ0) is 17.7. The zero-order valence-corrected chi connectivity index (χ0v) is 15.4. The van der Waals surface area contributed by atoms with Gasteiger partial charge in [-0.1, -0.05) is 29.3 Å². The molecule has 5 nitrogen and oxygen atoms in total. The number of rotatable bonds is 6. The summed E-state index contributed by atoms with van der Waals surface area (Å²) in [6, 6.07) is 10.9. The van der Waals surface area contributed by atoms with Gasteiger partial charge >= 0.3 is 0 Å². The number of benzene rings is 2. The van der Waals surface area contributed by atoms with Crippen LogP contribution in [0.4, 0.5) is 0 Å². The van der Waals surface area contributed by atoms with Crippen molar-refractivity contribution in [1.82, 2.24) is 4.83 Å². The van der Waals surface area contributed by atoms with E-state index in [0.717, 1.165) is 0 Å². The molecule has 0 heterocycles. The summed E-state index contributed by atoms with van der Waals surface area (Å²) < 4.78 is 29.8. The molecular formula is C16H16Cl2N2O3S. The Morgan fingerprint density at radius 3 is 2.38 bits per heavy atom. The molecule has 24 heavy (non-hydrogen) atoms. The van der Waals surface area contributed by atoms with Crippen LogP contribution in [0, 0.1) is 0 Å². The Hall–Kier alpha value is -1.76. The van der Waals surface area contributed by atoms with Crippen LogP contribution in [0.15, 0.2) is 52.5 Å². The molecule has 0 aromatic heterocycles. The van der Waals surface area contributed by atoms with E-state index >= 15 is 0 Å². The molecule has 0 spiro atoms. The Morgan fingerprint density at radius 1 is 1.12 bits per heavy atom. The Bertz CT molecular complexity index is 835. The number of hydrogen-bond donors (Lipinski definition) is 1. The van der Waals surface area contributed by atoms with Gasteiger partial charge in [0.25, 0.3) is 10.0 Å². The molecule has 0 radical (unpaired) electrons. The lowest BCUT2D eigenvalue weighted by atomic mass is 10.2. The van der Waals surface area contributed by atoms with E-state index in [1.165, 1.54) is 18.3 Å². The minimum atomic E-state index is -3.77. The van der Waals surface area contributed by atoms with Gasteiger partial charge in [-0.3, -0.25) is 0 Å². The van der Waals surface area contributed by atoms with Gasteiger partial charge in [0.05, 0.1) is 22.2 Å². The van der Waals surface area contributed by atoms with Crippen molar-refractivity contribution in [2.75, 3.05) is 0 Å². The van der Waals surface area contributed by atoms with Gasteiger partial charge in [-0.2, -0.15) is 13.5 Å². The van der Waals surface area contributed by atoms with Crippen molar-refractivity contribution in [3.63, 3.8) is 0 Å².